The molecule has 1 amide bonds. The van der Waals surface area contributed by atoms with Crippen LogP contribution in [0.5, 0.6) is 5.75 Å². The predicted molar refractivity (Wildman–Crippen MR) is 110 cm³/mol. The van der Waals surface area contributed by atoms with Crippen LogP contribution in [0.2, 0.25) is 0 Å². The van der Waals surface area contributed by atoms with Gasteiger partial charge in [0.2, 0.25) is 5.91 Å². The number of carbonyl (C=O) groups excluding carboxylic acids is 1. The number of anilines is 1. The van der Waals surface area contributed by atoms with Crippen molar-refractivity contribution in [1.29, 1.82) is 5.26 Å². The number of aromatic nitrogens is 2. The lowest BCUT2D eigenvalue weighted by Gasteiger charge is -2.11. The molecule has 0 fully saturated rings. The van der Waals surface area contributed by atoms with Crippen molar-refractivity contribution in [2.24, 2.45) is 0 Å². The third-order valence-electron chi connectivity index (χ3n) is 4.04. The summed E-state index contributed by atoms with van der Waals surface area (Å²) in [5.41, 5.74) is 0.00848. The lowest BCUT2D eigenvalue weighted by Crippen LogP contribution is -2.16. The number of nitriles is 1. The van der Waals surface area contributed by atoms with E-state index in [9.17, 15) is 18.0 Å². The Bertz CT molecular complexity index is 1130. The maximum atomic E-state index is 13.3. The predicted octanol–water partition coefficient (Wildman–Crippen LogP) is 4.77. The molecule has 1 aromatic heterocycles. The summed E-state index contributed by atoms with van der Waals surface area (Å²) in [4.78, 5) is 19.9. The van der Waals surface area contributed by atoms with Crippen LogP contribution < -0.4 is 10.1 Å². The van der Waals surface area contributed by atoms with Crippen LogP contribution in [0.25, 0.3) is 11.3 Å². The van der Waals surface area contributed by atoms with E-state index in [-0.39, 0.29) is 22.2 Å². The van der Waals surface area contributed by atoms with Crippen LogP contribution in [0.3, 0.4) is 0 Å². The number of hydrogen-bond acceptors (Lipinski definition) is 6. The molecule has 1 N–H and O–H groups in total. The Hall–Kier alpha value is -3.58. The summed E-state index contributed by atoms with van der Waals surface area (Å²) in [6, 6.07) is 15.6. The minimum absolute atomic E-state index is 0.0720. The number of rotatable bonds is 6. The number of ether oxygens (including phenoxy) is 1. The van der Waals surface area contributed by atoms with Crippen molar-refractivity contribution >= 4 is 23.4 Å². The van der Waals surface area contributed by atoms with E-state index >= 15 is 0 Å². The third-order valence-corrected chi connectivity index (χ3v) is 4.88. The number of benzene rings is 2. The van der Waals surface area contributed by atoms with E-state index < -0.39 is 17.8 Å². The molecule has 0 spiro atoms. The molecule has 0 radical (unpaired) electrons. The standard InChI is InChI=1S/C21H15F3N4O2S/c1-30-15-8-6-13(7-9-15)17-10-18(21(22,23)24)28-20(27-17)31-12-19(29)26-16-5-3-2-4-14(16)11-25/h2-10H,12H2,1H3,(H,26,29). The third kappa shape index (κ3) is 5.73. The van der Waals surface area contributed by atoms with E-state index in [2.05, 4.69) is 15.3 Å². The Morgan fingerprint density at radius 2 is 1.87 bits per heavy atom. The molecule has 158 valence electrons. The molecule has 0 aliphatic heterocycles. The Balaban J connectivity index is 1.81. The summed E-state index contributed by atoms with van der Waals surface area (Å²) in [6.45, 7) is 0. The van der Waals surface area contributed by atoms with Gasteiger partial charge >= 0.3 is 6.18 Å². The molecule has 0 saturated carbocycles. The van der Waals surface area contributed by atoms with Crippen LogP contribution in [-0.4, -0.2) is 28.7 Å². The van der Waals surface area contributed by atoms with Crippen LogP contribution in [0, 0.1) is 11.3 Å². The van der Waals surface area contributed by atoms with E-state index in [0.29, 0.717) is 17.0 Å². The number of alkyl halides is 3. The minimum atomic E-state index is -4.67. The molecule has 31 heavy (non-hydrogen) atoms. The van der Waals surface area contributed by atoms with Gasteiger partial charge in [-0.15, -0.1) is 0 Å². The molecular formula is C21H15F3N4O2S. The van der Waals surface area contributed by atoms with Gasteiger partial charge in [-0.25, -0.2) is 9.97 Å². The normalized spacial score (nSPS) is 10.9. The molecule has 0 unspecified atom stereocenters. The Morgan fingerprint density at radius 3 is 2.52 bits per heavy atom. The van der Waals surface area contributed by atoms with Gasteiger partial charge in [0.25, 0.3) is 0 Å². The van der Waals surface area contributed by atoms with Crippen LogP contribution in [0.1, 0.15) is 11.3 Å². The molecular weight excluding hydrogens is 429 g/mol. The number of thioether (sulfide) groups is 1. The van der Waals surface area contributed by atoms with E-state index in [1.54, 1.807) is 48.5 Å². The zero-order valence-corrected chi connectivity index (χ0v) is 16.9. The summed E-state index contributed by atoms with van der Waals surface area (Å²) in [5.74, 6) is -0.180. The highest BCUT2D eigenvalue weighted by Crippen LogP contribution is 2.32. The average Bonchev–Trinajstić information content (AvgIpc) is 2.77. The van der Waals surface area contributed by atoms with E-state index in [1.807, 2.05) is 6.07 Å². The van der Waals surface area contributed by atoms with E-state index in [4.69, 9.17) is 10.00 Å². The van der Waals surface area contributed by atoms with Gasteiger partial charge in [0, 0.05) is 5.56 Å². The molecule has 0 bridgehead atoms. The minimum Gasteiger partial charge on any atom is -0.497 e. The molecule has 3 aromatic rings. The highest BCUT2D eigenvalue weighted by molar-refractivity contribution is 7.99. The molecule has 1 heterocycles. The van der Waals surface area contributed by atoms with Crippen LogP contribution >= 0.6 is 11.8 Å². The van der Waals surface area contributed by atoms with Crippen molar-refractivity contribution in [2.75, 3.05) is 18.2 Å². The summed E-state index contributed by atoms with van der Waals surface area (Å²) in [7, 11) is 1.48. The number of methoxy groups -OCH3 is 1. The Kier molecular flexibility index (Phi) is 6.77. The fourth-order valence-electron chi connectivity index (χ4n) is 2.55. The SMILES string of the molecule is COc1ccc(-c2cc(C(F)(F)F)nc(SCC(=O)Nc3ccccc3C#N)n2)cc1. The second kappa shape index (κ2) is 9.49. The van der Waals surface area contributed by atoms with E-state index in [1.165, 1.54) is 7.11 Å². The molecule has 6 nitrogen and oxygen atoms in total. The first-order valence-corrected chi connectivity index (χ1v) is 9.81. The number of nitrogens with one attached hydrogen (secondary N) is 1. The van der Waals surface area contributed by atoms with Crippen LogP contribution in [0.15, 0.2) is 59.8 Å². The topological polar surface area (TPSA) is 87.9 Å². The summed E-state index contributed by atoms with van der Waals surface area (Å²) >= 11 is 0.766. The Labute approximate surface area is 180 Å². The fourth-order valence-corrected chi connectivity index (χ4v) is 3.21. The maximum Gasteiger partial charge on any atom is 0.433 e. The van der Waals surface area contributed by atoms with Gasteiger partial charge in [0.05, 0.1) is 29.8 Å². The van der Waals surface area contributed by atoms with Crippen LogP contribution in [-0.2, 0) is 11.0 Å². The van der Waals surface area contributed by atoms with Gasteiger partial charge in [-0.2, -0.15) is 18.4 Å². The first kappa shape index (κ1) is 22.1. The molecule has 2 aromatic carbocycles. The van der Waals surface area contributed by atoms with Crippen molar-refractivity contribution < 1.29 is 22.7 Å². The van der Waals surface area contributed by atoms with Crippen molar-refractivity contribution in [1.82, 2.24) is 9.97 Å². The van der Waals surface area contributed by atoms with Crippen LogP contribution in [0.4, 0.5) is 18.9 Å². The smallest absolute Gasteiger partial charge is 0.433 e. The molecule has 0 atom stereocenters. The van der Waals surface area contributed by atoms with Gasteiger partial charge in [-0.1, -0.05) is 23.9 Å². The van der Waals surface area contributed by atoms with Crippen molar-refractivity contribution in [3.63, 3.8) is 0 Å². The number of para-hydroxylation sites is 1. The van der Waals surface area contributed by atoms with Crippen molar-refractivity contribution in [2.45, 2.75) is 11.3 Å². The number of amides is 1. The number of halogens is 3. The summed E-state index contributed by atoms with van der Waals surface area (Å²) in [6.07, 6.45) is -4.67. The maximum absolute atomic E-state index is 13.3. The molecule has 0 aliphatic carbocycles. The molecule has 0 saturated heterocycles. The van der Waals surface area contributed by atoms with Gasteiger partial charge in [0.15, 0.2) is 5.16 Å². The summed E-state index contributed by atoms with van der Waals surface area (Å²) in [5, 5.41) is 11.4. The van der Waals surface area contributed by atoms with Crippen molar-refractivity contribution in [3.8, 4) is 23.1 Å². The van der Waals surface area contributed by atoms with E-state index in [0.717, 1.165) is 17.8 Å². The fraction of sp³-hybridized carbons (Fsp3) is 0.143. The monoisotopic (exact) mass is 444 g/mol. The first-order chi connectivity index (χ1) is 14.8. The number of nitrogens with zero attached hydrogens (tertiary/aromatic N) is 3. The quantitative estimate of drug-likeness (QED) is 0.435. The zero-order chi connectivity index (χ0) is 22.4. The second-order valence-electron chi connectivity index (χ2n) is 6.14. The first-order valence-electron chi connectivity index (χ1n) is 8.82. The molecule has 3 rings (SSSR count). The van der Waals surface area contributed by atoms with Gasteiger partial charge in [-0.05, 0) is 42.5 Å². The average molecular weight is 444 g/mol. The number of carbonyl (C=O) groups is 1. The highest BCUT2D eigenvalue weighted by atomic mass is 32.2. The zero-order valence-electron chi connectivity index (χ0n) is 16.1. The largest absolute Gasteiger partial charge is 0.497 e. The Morgan fingerprint density at radius 1 is 1.16 bits per heavy atom. The molecule has 10 heteroatoms. The van der Waals surface area contributed by atoms with Gasteiger partial charge < -0.3 is 10.1 Å². The lowest BCUT2D eigenvalue weighted by atomic mass is 10.1. The molecule has 0 aliphatic rings. The summed E-state index contributed by atoms with van der Waals surface area (Å²) < 4.78 is 45.0. The van der Waals surface area contributed by atoms with Gasteiger partial charge in [-0.3, -0.25) is 4.79 Å². The lowest BCUT2D eigenvalue weighted by molar-refractivity contribution is -0.141. The number of hydrogen-bond donors (Lipinski definition) is 1. The van der Waals surface area contributed by atoms with Gasteiger partial charge in [0.1, 0.15) is 17.5 Å². The second-order valence-corrected chi connectivity index (χ2v) is 7.08. The van der Waals surface area contributed by atoms with Crippen molar-refractivity contribution in [3.05, 3.63) is 65.9 Å². The highest BCUT2D eigenvalue weighted by Gasteiger charge is 2.34.